The maximum Gasteiger partial charge on any atom is 0.469 e. The molecule has 0 aromatic carbocycles. The summed E-state index contributed by atoms with van der Waals surface area (Å²) in [7, 11) is -9.01. The van der Waals surface area contributed by atoms with Crippen LogP contribution in [-0.4, -0.2) is 31.8 Å². The van der Waals surface area contributed by atoms with Crippen molar-refractivity contribution >= 4 is 15.6 Å². The molecule has 278 valence electrons. The summed E-state index contributed by atoms with van der Waals surface area (Å²) in [6.45, 7) is 20.7. The Morgan fingerprint density at radius 1 is 0.700 bits per heavy atom. The Bertz CT molecular complexity index is 1580. The van der Waals surface area contributed by atoms with E-state index in [1.54, 1.807) is 0 Å². The normalized spacial score (nSPS) is 26.5. The van der Waals surface area contributed by atoms with Crippen LogP contribution in [0.2, 0.25) is 0 Å². The number of phosphoric acid groups is 2. The molecule has 2 aliphatic carbocycles. The van der Waals surface area contributed by atoms with Gasteiger partial charge in [0.2, 0.25) is 0 Å². The van der Waals surface area contributed by atoms with Crippen LogP contribution in [0.25, 0.3) is 0 Å². The first-order chi connectivity index (χ1) is 23.0. The van der Waals surface area contributed by atoms with Crippen molar-refractivity contribution in [3.05, 3.63) is 119 Å². The molecule has 8 nitrogen and oxygen atoms in total. The highest BCUT2D eigenvalue weighted by atomic mass is 31.2. The highest BCUT2D eigenvalue weighted by Crippen LogP contribution is 2.50. The molecule has 0 spiro atoms. The fraction of sp³-hybridized carbons (Fsp3) is 0.500. The predicted molar refractivity (Wildman–Crippen MR) is 206 cm³/mol. The Morgan fingerprint density at radius 3 is 1.64 bits per heavy atom. The Hall–Kier alpha value is -2.38. The van der Waals surface area contributed by atoms with Gasteiger partial charge < -0.3 is 19.6 Å². The highest BCUT2D eigenvalue weighted by Gasteiger charge is 2.42. The van der Waals surface area contributed by atoms with Crippen LogP contribution >= 0.6 is 15.6 Å². The highest BCUT2D eigenvalue weighted by molar-refractivity contribution is 7.46. The fourth-order valence-electron chi connectivity index (χ4n) is 7.09. The van der Waals surface area contributed by atoms with Crippen LogP contribution in [-0.2, 0) is 18.2 Å². The summed E-state index contributed by atoms with van der Waals surface area (Å²) in [5.41, 5.74) is 6.31. The molecule has 1 fully saturated rings. The standard InChI is InChI=1S/C40H60O8P2/c1-29(17-13-19-31(3)21-23-37-33(5)25-35(27-39(37,7)8)47-49(41,42)43)15-11-12-16-30(2)18-14-20-32(4)22-24-38-34(6)26-36(28-40(38,9)10)48-50(44,45)46/h11-24,33,35-37H,25-28H2,1-10H3,(H2,41,42,43)(H2,44,45,46)/b12-11+,17-13+,18-14+,23-21+,24-22+,29-15+,30-16+,31-19+,32-20+. The van der Waals surface area contributed by atoms with Crippen LogP contribution < -0.4 is 0 Å². The van der Waals surface area contributed by atoms with Crippen molar-refractivity contribution in [2.45, 2.75) is 107 Å². The minimum Gasteiger partial charge on any atom is -0.303 e. The van der Waals surface area contributed by atoms with Crippen LogP contribution in [0.15, 0.2) is 119 Å². The number of hydrogen-bond acceptors (Lipinski definition) is 4. The number of rotatable bonds is 14. The molecule has 0 aliphatic heterocycles. The van der Waals surface area contributed by atoms with Gasteiger partial charge in [-0.2, -0.15) is 0 Å². The van der Waals surface area contributed by atoms with Gasteiger partial charge in [-0.15, -0.1) is 0 Å². The molecule has 0 radical (unpaired) electrons. The van der Waals surface area contributed by atoms with E-state index in [2.05, 4.69) is 116 Å². The zero-order valence-electron chi connectivity index (χ0n) is 31.5. The van der Waals surface area contributed by atoms with Crippen molar-refractivity contribution in [3.63, 3.8) is 0 Å². The Morgan fingerprint density at radius 2 is 1.16 bits per heavy atom. The van der Waals surface area contributed by atoms with Gasteiger partial charge in [0.25, 0.3) is 0 Å². The third-order valence-corrected chi connectivity index (χ3v) is 10.4. The lowest BCUT2D eigenvalue weighted by Gasteiger charge is -2.44. The molecule has 0 aromatic rings. The molecule has 0 aromatic heterocycles. The van der Waals surface area contributed by atoms with Crippen LogP contribution in [0.1, 0.15) is 94.9 Å². The van der Waals surface area contributed by atoms with Gasteiger partial charge in [-0.1, -0.05) is 148 Å². The maximum atomic E-state index is 11.3. The first kappa shape index (κ1) is 43.8. The SMILES string of the molecule is CC1=C(/C=C/C(C)=C/C=C/C(C)=C/C=C/C=C(C)/C=C/C=C(C)/C=C/C2C(C)CC(OP(=O)(O)O)CC2(C)C)C(C)(C)CC(OP(=O)(O)O)C1. The summed E-state index contributed by atoms with van der Waals surface area (Å²) in [4.78, 5) is 36.9. The zero-order chi connectivity index (χ0) is 37.9. The van der Waals surface area contributed by atoms with Gasteiger partial charge in [0.05, 0.1) is 12.2 Å². The van der Waals surface area contributed by atoms with Gasteiger partial charge in [0, 0.05) is 0 Å². The molecular formula is C40H60O8P2. The van der Waals surface area contributed by atoms with Gasteiger partial charge in [-0.3, -0.25) is 9.05 Å². The summed E-state index contributed by atoms with van der Waals surface area (Å²) >= 11 is 0. The molecule has 0 bridgehead atoms. The molecule has 4 N–H and O–H groups in total. The number of hydrogen-bond donors (Lipinski definition) is 4. The Balaban J connectivity index is 1.91. The average Bonchev–Trinajstić information content (AvgIpc) is 2.91. The van der Waals surface area contributed by atoms with Gasteiger partial charge in [0.1, 0.15) is 0 Å². The second kappa shape index (κ2) is 18.9. The van der Waals surface area contributed by atoms with Gasteiger partial charge in [-0.05, 0) is 88.5 Å². The molecule has 0 saturated heterocycles. The van der Waals surface area contributed by atoms with E-state index in [1.807, 2.05) is 38.2 Å². The third-order valence-electron chi connectivity index (χ3n) is 9.28. The maximum absolute atomic E-state index is 11.3. The summed E-state index contributed by atoms with van der Waals surface area (Å²) in [5, 5.41) is 0. The monoisotopic (exact) mass is 730 g/mol. The second-order valence-corrected chi connectivity index (χ2v) is 17.7. The molecule has 4 unspecified atom stereocenters. The molecule has 50 heavy (non-hydrogen) atoms. The lowest BCUT2D eigenvalue weighted by atomic mass is 9.63. The third kappa shape index (κ3) is 16.3. The molecule has 2 aliphatic rings. The quantitative estimate of drug-likeness (QED) is 0.103. The van der Waals surface area contributed by atoms with E-state index in [-0.39, 0.29) is 22.7 Å². The van der Waals surface area contributed by atoms with Crippen molar-refractivity contribution < 1.29 is 37.8 Å². The van der Waals surface area contributed by atoms with E-state index in [9.17, 15) is 28.7 Å². The van der Waals surface area contributed by atoms with Crippen LogP contribution in [0.5, 0.6) is 0 Å². The Labute approximate surface area is 301 Å². The topological polar surface area (TPSA) is 134 Å². The molecular weight excluding hydrogens is 670 g/mol. The fourth-order valence-corrected chi connectivity index (χ4v) is 8.18. The zero-order valence-corrected chi connectivity index (χ0v) is 33.3. The molecule has 10 heteroatoms. The van der Waals surface area contributed by atoms with E-state index >= 15 is 0 Å². The molecule has 2 rings (SSSR count). The lowest BCUT2D eigenvalue weighted by Crippen LogP contribution is -2.39. The van der Waals surface area contributed by atoms with Gasteiger partial charge >= 0.3 is 15.6 Å². The van der Waals surface area contributed by atoms with Crippen LogP contribution in [0, 0.1) is 22.7 Å². The summed E-state index contributed by atoms with van der Waals surface area (Å²) < 4.78 is 32.7. The molecule has 0 heterocycles. The van der Waals surface area contributed by atoms with E-state index in [0.29, 0.717) is 25.7 Å². The minimum atomic E-state index is -4.52. The lowest BCUT2D eigenvalue weighted by molar-refractivity contribution is 0.00675. The predicted octanol–water partition coefficient (Wildman–Crippen LogP) is 10.7. The smallest absolute Gasteiger partial charge is 0.303 e. The van der Waals surface area contributed by atoms with Crippen molar-refractivity contribution in [2.75, 3.05) is 0 Å². The average molecular weight is 731 g/mol. The van der Waals surface area contributed by atoms with E-state index in [4.69, 9.17) is 9.05 Å². The van der Waals surface area contributed by atoms with E-state index in [1.165, 1.54) is 5.57 Å². The van der Waals surface area contributed by atoms with Gasteiger partial charge in [0.15, 0.2) is 0 Å². The van der Waals surface area contributed by atoms with E-state index in [0.717, 1.165) is 27.9 Å². The summed E-state index contributed by atoms with van der Waals surface area (Å²) in [6, 6.07) is 0. The first-order valence-electron chi connectivity index (χ1n) is 17.2. The van der Waals surface area contributed by atoms with Crippen molar-refractivity contribution in [1.82, 2.24) is 0 Å². The van der Waals surface area contributed by atoms with E-state index < -0.39 is 27.9 Å². The van der Waals surface area contributed by atoms with Crippen LogP contribution in [0.4, 0.5) is 0 Å². The largest absolute Gasteiger partial charge is 0.469 e. The Kier molecular flexibility index (Phi) is 16.6. The van der Waals surface area contributed by atoms with Crippen molar-refractivity contribution in [2.24, 2.45) is 22.7 Å². The van der Waals surface area contributed by atoms with Crippen LogP contribution in [0.3, 0.4) is 0 Å². The molecule has 0 amide bonds. The van der Waals surface area contributed by atoms with Gasteiger partial charge in [-0.25, -0.2) is 9.13 Å². The molecule has 4 atom stereocenters. The number of allylic oxidation sites excluding steroid dienone is 19. The van der Waals surface area contributed by atoms with Crippen molar-refractivity contribution in [3.8, 4) is 0 Å². The summed E-state index contributed by atoms with van der Waals surface area (Å²) in [5.74, 6) is 0.518. The summed E-state index contributed by atoms with van der Waals surface area (Å²) in [6.07, 6.45) is 30.3. The van der Waals surface area contributed by atoms with Crippen molar-refractivity contribution in [1.29, 1.82) is 0 Å². The number of phosphoric ester groups is 2. The molecule has 1 saturated carbocycles. The second-order valence-electron chi connectivity index (χ2n) is 15.3. The first-order valence-corrected chi connectivity index (χ1v) is 20.3. The minimum absolute atomic E-state index is 0.140.